The predicted molar refractivity (Wildman–Crippen MR) is 127 cm³/mol. The summed E-state index contributed by atoms with van der Waals surface area (Å²) in [5.41, 5.74) is 1.31. The van der Waals surface area contributed by atoms with Gasteiger partial charge in [-0.05, 0) is 49.6 Å². The molecule has 1 N–H and O–H groups in total. The normalized spacial score (nSPS) is 12.8. The zero-order valence-electron chi connectivity index (χ0n) is 17.8. The molecule has 0 spiro atoms. The molecule has 0 saturated heterocycles. The Labute approximate surface area is 197 Å². The maximum absolute atomic E-state index is 13.8. The second-order valence-corrected chi connectivity index (χ2v) is 9.15. The first-order chi connectivity index (χ1) is 14.7. The summed E-state index contributed by atoms with van der Waals surface area (Å²) in [6.45, 7) is 5.81. The average Bonchev–Trinajstić information content (AvgIpc) is 2.75. The van der Waals surface area contributed by atoms with E-state index in [4.69, 9.17) is 23.2 Å². The van der Waals surface area contributed by atoms with Gasteiger partial charge in [0.15, 0.2) is 0 Å². The number of halogens is 3. The summed E-state index contributed by atoms with van der Waals surface area (Å²) in [5.74, 6) is -0.235. The summed E-state index contributed by atoms with van der Waals surface area (Å²) < 4.78 is 13.8. The molecule has 2 aromatic carbocycles. The van der Waals surface area contributed by atoms with E-state index in [1.165, 1.54) is 22.7 Å². The highest BCUT2D eigenvalue weighted by Crippen LogP contribution is 2.24. The number of thioether (sulfide) groups is 1. The fourth-order valence-corrected chi connectivity index (χ4v) is 4.05. The first-order valence-corrected chi connectivity index (χ1v) is 12.0. The van der Waals surface area contributed by atoms with E-state index in [0.29, 0.717) is 21.4 Å². The lowest BCUT2D eigenvalue weighted by Crippen LogP contribution is -2.50. The third-order valence-corrected chi connectivity index (χ3v) is 6.65. The SMILES string of the molecule is CC[C@H](C)NC(=O)[C@H](C)N(Cc1ccc(Cl)c(Cl)c1)C(=O)CSCc1ccccc1F. The van der Waals surface area contributed by atoms with Gasteiger partial charge in [0, 0.05) is 18.3 Å². The van der Waals surface area contributed by atoms with Crippen molar-refractivity contribution in [3.05, 3.63) is 69.5 Å². The van der Waals surface area contributed by atoms with Crippen molar-refractivity contribution in [2.75, 3.05) is 5.75 Å². The molecule has 0 aliphatic rings. The van der Waals surface area contributed by atoms with Gasteiger partial charge in [-0.1, -0.05) is 54.4 Å². The van der Waals surface area contributed by atoms with Crippen LogP contribution < -0.4 is 5.32 Å². The summed E-state index contributed by atoms with van der Waals surface area (Å²) in [5, 5.41) is 3.73. The van der Waals surface area contributed by atoms with E-state index in [0.717, 1.165) is 12.0 Å². The smallest absolute Gasteiger partial charge is 0.242 e. The van der Waals surface area contributed by atoms with Crippen molar-refractivity contribution in [1.82, 2.24) is 10.2 Å². The zero-order valence-corrected chi connectivity index (χ0v) is 20.2. The van der Waals surface area contributed by atoms with Crippen molar-refractivity contribution < 1.29 is 14.0 Å². The van der Waals surface area contributed by atoms with E-state index in [1.807, 2.05) is 13.8 Å². The van der Waals surface area contributed by atoms with Crippen LogP contribution in [0.5, 0.6) is 0 Å². The molecule has 0 heterocycles. The van der Waals surface area contributed by atoms with E-state index in [-0.39, 0.29) is 36.0 Å². The van der Waals surface area contributed by atoms with Gasteiger partial charge >= 0.3 is 0 Å². The summed E-state index contributed by atoms with van der Waals surface area (Å²) in [4.78, 5) is 27.3. The van der Waals surface area contributed by atoms with Gasteiger partial charge in [0.1, 0.15) is 11.9 Å². The Hall–Kier alpha value is -1.76. The molecule has 0 unspecified atom stereocenters. The number of nitrogens with zero attached hydrogens (tertiary/aromatic N) is 1. The van der Waals surface area contributed by atoms with E-state index in [9.17, 15) is 14.0 Å². The highest BCUT2D eigenvalue weighted by molar-refractivity contribution is 7.99. The molecule has 0 radical (unpaired) electrons. The van der Waals surface area contributed by atoms with Crippen molar-refractivity contribution in [3.63, 3.8) is 0 Å². The first-order valence-electron chi connectivity index (χ1n) is 10.1. The summed E-state index contributed by atoms with van der Waals surface area (Å²) in [6, 6.07) is 11.0. The quantitative estimate of drug-likeness (QED) is 0.470. The molecule has 31 heavy (non-hydrogen) atoms. The topological polar surface area (TPSA) is 49.4 Å². The van der Waals surface area contributed by atoms with Crippen LogP contribution >= 0.6 is 35.0 Å². The van der Waals surface area contributed by atoms with E-state index < -0.39 is 6.04 Å². The number of rotatable bonds is 10. The van der Waals surface area contributed by atoms with Gasteiger partial charge in [0.2, 0.25) is 11.8 Å². The molecule has 4 nitrogen and oxygen atoms in total. The number of carbonyl (C=O) groups is 2. The zero-order chi connectivity index (χ0) is 23.0. The number of hydrogen-bond acceptors (Lipinski definition) is 3. The van der Waals surface area contributed by atoms with Crippen molar-refractivity contribution in [2.45, 2.75) is 51.6 Å². The van der Waals surface area contributed by atoms with Crippen molar-refractivity contribution in [2.24, 2.45) is 0 Å². The molecular formula is C23H27Cl2FN2O2S. The van der Waals surface area contributed by atoms with Gasteiger partial charge < -0.3 is 10.2 Å². The summed E-state index contributed by atoms with van der Waals surface area (Å²) in [6.07, 6.45) is 0.789. The molecule has 2 rings (SSSR count). The van der Waals surface area contributed by atoms with Crippen molar-refractivity contribution in [1.29, 1.82) is 0 Å². The molecule has 2 aromatic rings. The van der Waals surface area contributed by atoms with Crippen LogP contribution in [0.2, 0.25) is 10.0 Å². The molecule has 0 aliphatic heterocycles. The van der Waals surface area contributed by atoms with Gasteiger partial charge in [-0.3, -0.25) is 9.59 Å². The second-order valence-electron chi connectivity index (χ2n) is 7.35. The molecule has 8 heteroatoms. The van der Waals surface area contributed by atoms with Crippen LogP contribution in [0, 0.1) is 5.82 Å². The van der Waals surface area contributed by atoms with Crippen molar-refractivity contribution >= 4 is 46.8 Å². The minimum Gasteiger partial charge on any atom is -0.352 e. The summed E-state index contributed by atoms with van der Waals surface area (Å²) in [7, 11) is 0. The standard InChI is InChI=1S/C23H27Cl2FN2O2S/c1-4-15(2)27-23(30)16(3)28(12-17-9-10-19(24)20(25)11-17)22(29)14-31-13-18-7-5-6-8-21(18)26/h5-11,15-16H,4,12-14H2,1-3H3,(H,27,30)/t15-,16-/m0/s1. The van der Waals surface area contributed by atoms with Crippen LogP contribution in [0.25, 0.3) is 0 Å². The highest BCUT2D eigenvalue weighted by Gasteiger charge is 2.27. The van der Waals surface area contributed by atoms with Crippen LogP contribution in [0.1, 0.15) is 38.3 Å². The number of carbonyl (C=O) groups excluding carboxylic acids is 2. The Bertz CT molecular complexity index is 913. The highest BCUT2D eigenvalue weighted by atomic mass is 35.5. The largest absolute Gasteiger partial charge is 0.352 e. The van der Waals surface area contributed by atoms with Gasteiger partial charge in [0.25, 0.3) is 0 Å². The van der Waals surface area contributed by atoms with Crippen LogP contribution in [0.15, 0.2) is 42.5 Å². The van der Waals surface area contributed by atoms with Gasteiger partial charge in [-0.15, -0.1) is 11.8 Å². The predicted octanol–water partition coefficient (Wildman–Crippen LogP) is 5.70. The lowest BCUT2D eigenvalue weighted by atomic mass is 10.1. The monoisotopic (exact) mass is 484 g/mol. The maximum atomic E-state index is 13.8. The van der Waals surface area contributed by atoms with E-state index in [1.54, 1.807) is 43.3 Å². The van der Waals surface area contributed by atoms with Crippen molar-refractivity contribution in [3.8, 4) is 0 Å². The number of nitrogens with one attached hydrogen (secondary N) is 1. The van der Waals surface area contributed by atoms with Gasteiger partial charge in [0.05, 0.1) is 15.8 Å². The summed E-state index contributed by atoms with van der Waals surface area (Å²) >= 11 is 13.4. The van der Waals surface area contributed by atoms with E-state index >= 15 is 0 Å². The third-order valence-electron chi connectivity index (χ3n) is 4.95. The third kappa shape index (κ3) is 7.70. The Morgan fingerprint density at radius 2 is 1.84 bits per heavy atom. The molecule has 0 aromatic heterocycles. The number of benzene rings is 2. The average molecular weight is 485 g/mol. The Balaban J connectivity index is 2.12. The van der Waals surface area contributed by atoms with Gasteiger partial charge in [-0.25, -0.2) is 4.39 Å². The van der Waals surface area contributed by atoms with Gasteiger partial charge in [-0.2, -0.15) is 0 Å². The van der Waals surface area contributed by atoms with Crippen LogP contribution in [0.3, 0.4) is 0 Å². The molecule has 2 amide bonds. The molecule has 0 saturated carbocycles. The number of amides is 2. The van der Waals surface area contributed by atoms with Crippen LogP contribution in [0.4, 0.5) is 4.39 Å². The molecular weight excluding hydrogens is 458 g/mol. The minimum absolute atomic E-state index is 0.00677. The second kappa shape index (κ2) is 12.3. The fourth-order valence-electron chi connectivity index (χ4n) is 2.83. The fraction of sp³-hybridized carbons (Fsp3) is 0.391. The molecule has 0 bridgehead atoms. The van der Waals surface area contributed by atoms with Crippen LogP contribution in [-0.4, -0.2) is 34.6 Å². The van der Waals surface area contributed by atoms with E-state index in [2.05, 4.69) is 5.32 Å². The lowest BCUT2D eigenvalue weighted by molar-refractivity contribution is -0.138. The minimum atomic E-state index is -0.676. The molecule has 0 aliphatic carbocycles. The molecule has 0 fully saturated rings. The Morgan fingerprint density at radius 1 is 1.13 bits per heavy atom. The Kier molecular flexibility index (Phi) is 10.1. The number of hydrogen-bond donors (Lipinski definition) is 1. The molecule has 2 atom stereocenters. The lowest BCUT2D eigenvalue weighted by Gasteiger charge is -2.29. The van der Waals surface area contributed by atoms with Crippen LogP contribution in [-0.2, 0) is 21.9 Å². The molecule has 168 valence electrons. The maximum Gasteiger partial charge on any atom is 0.242 e. The Morgan fingerprint density at radius 3 is 2.48 bits per heavy atom. The first kappa shape index (κ1) is 25.5.